The Kier molecular flexibility index (Phi) is 7.44. The van der Waals surface area contributed by atoms with Crippen LogP contribution in [0.4, 0.5) is 9.18 Å². The number of thioether (sulfide) groups is 1. The molecule has 0 unspecified atom stereocenters. The fourth-order valence-electron chi connectivity index (χ4n) is 2.83. The lowest BCUT2D eigenvalue weighted by Crippen LogP contribution is -2.42. The highest BCUT2D eigenvalue weighted by molar-refractivity contribution is 8.18. The van der Waals surface area contributed by atoms with Crippen molar-refractivity contribution in [3.05, 3.63) is 70.9 Å². The molecular weight excluding hydrogens is 457 g/mol. The van der Waals surface area contributed by atoms with E-state index in [1.807, 2.05) is 30.3 Å². The first-order valence-electron chi connectivity index (χ1n) is 9.47. The molecule has 1 N–H and O–H groups in total. The summed E-state index contributed by atoms with van der Waals surface area (Å²) in [5, 5.41) is 2.06. The number of sulfonamides is 1. The van der Waals surface area contributed by atoms with Crippen LogP contribution in [-0.2, 0) is 19.6 Å². The van der Waals surface area contributed by atoms with Crippen LogP contribution in [0, 0.1) is 5.82 Å². The van der Waals surface area contributed by atoms with Crippen molar-refractivity contribution < 1.29 is 27.2 Å². The van der Waals surface area contributed by atoms with Crippen molar-refractivity contribution in [2.24, 2.45) is 0 Å². The molecule has 1 fully saturated rings. The Labute approximate surface area is 189 Å². The molecule has 0 aromatic heterocycles. The summed E-state index contributed by atoms with van der Waals surface area (Å²) in [4.78, 5) is 37.9. The van der Waals surface area contributed by atoms with Crippen LogP contribution in [0.2, 0.25) is 0 Å². The predicted molar refractivity (Wildman–Crippen MR) is 118 cm³/mol. The summed E-state index contributed by atoms with van der Waals surface area (Å²) in [6.45, 7) is -0.549. The number of nitrogens with one attached hydrogen (secondary N) is 1. The molecule has 3 rings (SSSR count). The minimum absolute atomic E-state index is 0.0279. The van der Waals surface area contributed by atoms with Gasteiger partial charge in [-0.2, -0.15) is 4.31 Å². The number of carbonyl (C=O) groups excluding carboxylic acids is 3. The molecule has 0 spiro atoms. The van der Waals surface area contributed by atoms with Crippen LogP contribution >= 0.6 is 11.8 Å². The third-order valence-electron chi connectivity index (χ3n) is 4.52. The highest BCUT2D eigenvalue weighted by Crippen LogP contribution is 2.31. The van der Waals surface area contributed by atoms with Crippen molar-refractivity contribution in [2.45, 2.75) is 4.90 Å². The summed E-state index contributed by atoms with van der Waals surface area (Å²) >= 11 is 0.820. The van der Waals surface area contributed by atoms with Gasteiger partial charge >= 0.3 is 0 Å². The number of imide groups is 1. The standard InChI is InChI=1S/C21H20FN3O5S2/c1-24(32(29,30)17-9-7-16(22)8-10-17)14-19(26)23-11-12-25-20(27)18(31-21(25)28)13-15-5-3-2-4-6-15/h2-10,13H,11-12,14H2,1H3,(H,23,26)/b18-13-. The Morgan fingerprint density at radius 1 is 1.12 bits per heavy atom. The van der Waals surface area contributed by atoms with Gasteiger partial charge in [0.2, 0.25) is 15.9 Å². The Morgan fingerprint density at radius 2 is 1.78 bits per heavy atom. The summed E-state index contributed by atoms with van der Waals surface area (Å²) in [7, 11) is -2.74. The molecule has 0 radical (unpaired) electrons. The van der Waals surface area contributed by atoms with E-state index in [4.69, 9.17) is 0 Å². The lowest BCUT2D eigenvalue weighted by atomic mass is 10.2. The molecule has 0 saturated carbocycles. The van der Waals surface area contributed by atoms with E-state index in [0.717, 1.165) is 50.8 Å². The van der Waals surface area contributed by atoms with Crippen molar-refractivity contribution >= 4 is 44.9 Å². The minimum atomic E-state index is -3.97. The van der Waals surface area contributed by atoms with E-state index in [-0.39, 0.29) is 22.9 Å². The molecule has 11 heteroatoms. The van der Waals surface area contributed by atoms with Gasteiger partial charge in [0.25, 0.3) is 11.1 Å². The number of hydrogen-bond acceptors (Lipinski definition) is 6. The van der Waals surface area contributed by atoms with Crippen LogP contribution in [0.1, 0.15) is 5.56 Å². The first kappa shape index (κ1) is 23.6. The molecule has 0 bridgehead atoms. The Morgan fingerprint density at radius 3 is 2.44 bits per heavy atom. The number of hydrogen-bond donors (Lipinski definition) is 1. The molecule has 168 valence electrons. The number of benzene rings is 2. The molecule has 1 aliphatic rings. The van der Waals surface area contributed by atoms with Crippen LogP contribution in [0.25, 0.3) is 6.08 Å². The lowest BCUT2D eigenvalue weighted by Gasteiger charge is -2.18. The molecular formula is C21H20FN3O5S2. The summed E-state index contributed by atoms with van der Waals surface area (Å²) < 4.78 is 38.7. The van der Waals surface area contributed by atoms with Gasteiger partial charge in [0.05, 0.1) is 16.3 Å². The largest absolute Gasteiger partial charge is 0.353 e. The molecule has 8 nitrogen and oxygen atoms in total. The van der Waals surface area contributed by atoms with Gasteiger partial charge in [-0.15, -0.1) is 0 Å². The lowest BCUT2D eigenvalue weighted by molar-refractivity contribution is -0.124. The second-order valence-electron chi connectivity index (χ2n) is 6.81. The van der Waals surface area contributed by atoms with E-state index < -0.39 is 39.4 Å². The fraction of sp³-hybridized carbons (Fsp3) is 0.190. The molecule has 1 saturated heterocycles. The smallest absolute Gasteiger partial charge is 0.293 e. The van der Waals surface area contributed by atoms with Crippen LogP contribution < -0.4 is 5.32 Å². The zero-order valence-corrected chi connectivity index (χ0v) is 18.7. The second kappa shape index (κ2) is 10.1. The maximum absolute atomic E-state index is 13.0. The van der Waals surface area contributed by atoms with Crippen molar-refractivity contribution in [3.63, 3.8) is 0 Å². The Bertz CT molecular complexity index is 1150. The maximum Gasteiger partial charge on any atom is 0.293 e. The van der Waals surface area contributed by atoms with Gasteiger partial charge in [-0.05, 0) is 47.7 Å². The third kappa shape index (κ3) is 5.61. The SMILES string of the molecule is CN(CC(=O)NCCN1C(=O)S/C(=C\c2ccccc2)C1=O)S(=O)(=O)c1ccc(F)cc1. The quantitative estimate of drug-likeness (QED) is 0.585. The number of likely N-dealkylation sites (N-methyl/N-ethyl adjacent to an activating group) is 1. The van der Waals surface area contributed by atoms with E-state index >= 15 is 0 Å². The normalized spacial score (nSPS) is 15.6. The molecule has 32 heavy (non-hydrogen) atoms. The average molecular weight is 478 g/mol. The second-order valence-corrected chi connectivity index (χ2v) is 9.85. The first-order valence-corrected chi connectivity index (χ1v) is 11.7. The number of amides is 3. The van der Waals surface area contributed by atoms with E-state index in [0.29, 0.717) is 0 Å². The molecule has 3 amide bonds. The average Bonchev–Trinajstić information content (AvgIpc) is 3.02. The van der Waals surface area contributed by atoms with Crippen molar-refractivity contribution in [3.8, 4) is 0 Å². The van der Waals surface area contributed by atoms with Crippen LogP contribution in [0.15, 0.2) is 64.4 Å². The number of carbonyl (C=O) groups is 3. The molecule has 1 aliphatic heterocycles. The zero-order chi connectivity index (χ0) is 23.3. The molecule has 0 aliphatic carbocycles. The van der Waals surface area contributed by atoms with Gasteiger partial charge in [0.15, 0.2) is 0 Å². The molecule has 2 aromatic rings. The third-order valence-corrected chi connectivity index (χ3v) is 7.24. The van der Waals surface area contributed by atoms with Crippen LogP contribution in [-0.4, -0.2) is 61.4 Å². The molecule has 0 atom stereocenters. The Hall–Kier alpha value is -3.02. The van der Waals surface area contributed by atoms with E-state index in [9.17, 15) is 27.2 Å². The highest BCUT2D eigenvalue weighted by Gasteiger charge is 2.34. The van der Waals surface area contributed by atoms with Crippen LogP contribution in [0.5, 0.6) is 0 Å². The minimum Gasteiger partial charge on any atom is -0.353 e. The van der Waals surface area contributed by atoms with Gasteiger partial charge in [0, 0.05) is 20.1 Å². The number of halogens is 1. The van der Waals surface area contributed by atoms with Crippen molar-refractivity contribution in [1.29, 1.82) is 0 Å². The molecule has 1 heterocycles. The summed E-state index contributed by atoms with van der Waals surface area (Å²) in [6.07, 6.45) is 1.62. The van der Waals surface area contributed by atoms with Gasteiger partial charge in [-0.25, -0.2) is 12.8 Å². The van der Waals surface area contributed by atoms with Gasteiger partial charge in [-0.1, -0.05) is 30.3 Å². The number of rotatable bonds is 8. The topological polar surface area (TPSA) is 104 Å². The maximum atomic E-state index is 13.0. The number of nitrogens with zero attached hydrogens (tertiary/aromatic N) is 2. The zero-order valence-electron chi connectivity index (χ0n) is 17.0. The van der Waals surface area contributed by atoms with E-state index in [1.165, 1.54) is 7.05 Å². The molecule has 2 aromatic carbocycles. The highest BCUT2D eigenvalue weighted by atomic mass is 32.2. The predicted octanol–water partition coefficient (Wildman–Crippen LogP) is 2.30. The van der Waals surface area contributed by atoms with Gasteiger partial charge < -0.3 is 5.32 Å². The van der Waals surface area contributed by atoms with Crippen LogP contribution in [0.3, 0.4) is 0 Å². The fourth-order valence-corrected chi connectivity index (χ4v) is 4.82. The van der Waals surface area contributed by atoms with E-state index in [1.54, 1.807) is 6.08 Å². The van der Waals surface area contributed by atoms with Gasteiger partial charge in [-0.3, -0.25) is 19.3 Å². The summed E-state index contributed by atoms with van der Waals surface area (Å²) in [5.74, 6) is -1.63. The first-order chi connectivity index (χ1) is 15.2. The monoisotopic (exact) mass is 477 g/mol. The van der Waals surface area contributed by atoms with Crippen molar-refractivity contribution in [1.82, 2.24) is 14.5 Å². The Balaban J connectivity index is 1.52. The van der Waals surface area contributed by atoms with Gasteiger partial charge in [0.1, 0.15) is 5.82 Å². The van der Waals surface area contributed by atoms with E-state index in [2.05, 4.69) is 5.32 Å². The summed E-state index contributed by atoms with van der Waals surface area (Å²) in [5.41, 5.74) is 0.789. The summed E-state index contributed by atoms with van der Waals surface area (Å²) in [6, 6.07) is 13.4. The van der Waals surface area contributed by atoms with Crippen molar-refractivity contribution in [2.75, 3.05) is 26.7 Å².